The van der Waals surface area contributed by atoms with Gasteiger partial charge in [0.2, 0.25) is 0 Å². The van der Waals surface area contributed by atoms with Crippen molar-refractivity contribution >= 4 is 18.3 Å². The fourth-order valence-corrected chi connectivity index (χ4v) is 2.62. The molecule has 1 aromatic rings. The highest BCUT2D eigenvalue weighted by molar-refractivity contribution is 5.98. The molecule has 0 saturated carbocycles. The Balaban J connectivity index is 0.00000264. The number of piperidine rings is 1. The van der Waals surface area contributed by atoms with Gasteiger partial charge in [0, 0.05) is 19.1 Å². The van der Waals surface area contributed by atoms with Gasteiger partial charge >= 0.3 is 6.61 Å². The van der Waals surface area contributed by atoms with Gasteiger partial charge in [-0.2, -0.15) is 8.78 Å². The number of methoxy groups -OCH3 is 1. The fourth-order valence-electron chi connectivity index (χ4n) is 2.62. The topological polar surface area (TPSA) is 50.8 Å². The molecular formula is C15H21ClF2N2O3. The van der Waals surface area contributed by atoms with Crippen molar-refractivity contribution in [3.8, 4) is 11.5 Å². The van der Waals surface area contributed by atoms with E-state index < -0.39 is 6.61 Å². The molecule has 23 heavy (non-hydrogen) atoms. The van der Waals surface area contributed by atoms with Crippen molar-refractivity contribution in [1.82, 2.24) is 10.2 Å². The molecule has 1 aliphatic rings. The molecule has 1 fully saturated rings. The van der Waals surface area contributed by atoms with Crippen molar-refractivity contribution in [3.05, 3.63) is 23.8 Å². The number of nitrogens with zero attached hydrogens (tertiary/aromatic N) is 1. The van der Waals surface area contributed by atoms with E-state index in [9.17, 15) is 13.6 Å². The third-order valence-electron chi connectivity index (χ3n) is 3.75. The van der Waals surface area contributed by atoms with Gasteiger partial charge in [0.15, 0.2) is 11.5 Å². The number of nitrogens with one attached hydrogen (secondary N) is 1. The Morgan fingerprint density at radius 3 is 2.78 bits per heavy atom. The molecule has 1 heterocycles. The summed E-state index contributed by atoms with van der Waals surface area (Å²) < 4.78 is 34.8. The minimum absolute atomic E-state index is 0. The summed E-state index contributed by atoms with van der Waals surface area (Å²) in [5, 5.41) is 3.14. The maximum atomic E-state index is 12.6. The zero-order valence-corrected chi connectivity index (χ0v) is 13.9. The molecule has 1 amide bonds. The minimum atomic E-state index is -3.02. The summed E-state index contributed by atoms with van der Waals surface area (Å²) in [5.74, 6) is -0.417. The number of amides is 1. The molecular weight excluding hydrogens is 330 g/mol. The van der Waals surface area contributed by atoms with E-state index in [2.05, 4.69) is 10.1 Å². The second-order valence-corrected chi connectivity index (χ2v) is 5.09. The number of carbonyl (C=O) groups is 1. The molecule has 0 aromatic heterocycles. The van der Waals surface area contributed by atoms with Gasteiger partial charge < -0.3 is 19.7 Å². The van der Waals surface area contributed by atoms with Gasteiger partial charge in [-0.25, -0.2) is 0 Å². The van der Waals surface area contributed by atoms with Crippen LogP contribution in [0.4, 0.5) is 8.78 Å². The lowest BCUT2D eigenvalue weighted by molar-refractivity contribution is -0.0516. The Bertz CT molecular complexity index is 531. The number of ether oxygens (including phenoxy) is 2. The predicted octanol–water partition coefficient (Wildman–Crippen LogP) is 2.54. The van der Waals surface area contributed by atoms with Crippen LogP contribution in [0, 0.1) is 0 Å². The molecule has 0 bridgehead atoms. The Labute approximate surface area is 140 Å². The lowest BCUT2D eigenvalue weighted by atomic mass is 10.0. The Kier molecular flexibility index (Phi) is 7.51. The van der Waals surface area contributed by atoms with E-state index in [4.69, 9.17) is 4.74 Å². The fraction of sp³-hybridized carbons (Fsp3) is 0.533. The smallest absolute Gasteiger partial charge is 0.387 e. The summed E-state index contributed by atoms with van der Waals surface area (Å²) in [4.78, 5) is 14.3. The lowest BCUT2D eigenvalue weighted by Gasteiger charge is -2.33. The molecule has 1 atom stereocenters. The molecule has 5 nitrogen and oxygen atoms in total. The number of likely N-dealkylation sites (tertiary alicyclic amines) is 1. The first kappa shape index (κ1) is 19.4. The van der Waals surface area contributed by atoms with Crippen molar-refractivity contribution in [2.45, 2.75) is 25.5 Å². The Hall–Kier alpha value is -1.60. The van der Waals surface area contributed by atoms with Gasteiger partial charge in [0.25, 0.3) is 5.91 Å². The van der Waals surface area contributed by atoms with Gasteiger partial charge in [0.1, 0.15) is 0 Å². The lowest BCUT2D eigenvalue weighted by Crippen LogP contribution is -2.47. The molecule has 0 aliphatic carbocycles. The molecule has 8 heteroatoms. The van der Waals surface area contributed by atoms with E-state index in [1.54, 1.807) is 11.0 Å². The van der Waals surface area contributed by atoms with E-state index >= 15 is 0 Å². The molecule has 1 saturated heterocycles. The average Bonchev–Trinajstić information content (AvgIpc) is 2.54. The van der Waals surface area contributed by atoms with Gasteiger partial charge in [-0.05, 0) is 32.0 Å². The molecule has 130 valence electrons. The minimum Gasteiger partial charge on any atom is -0.493 e. The Morgan fingerprint density at radius 2 is 2.17 bits per heavy atom. The highest BCUT2D eigenvalue weighted by Crippen LogP contribution is 2.33. The number of carbonyl (C=O) groups excluding carboxylic acids is 1. The maximum absolute atomic E-state index is 12.6. The number of benzene rings is 1. The molecule has 0 spiro atoms. The van der Waals surface area contributed by atoms with Crippen LogP contribution in [0.2, 0.25) is 0 Å². The number of alkyl halides is 2. The molecule has 1 N–H and O–H groups in total. The highest BCUT2D eigenvalue weighted by atomic mass is 35.5. The first-order chi connectivity index (χ1) is 10.6. The summed E-state index contributed by atoms with van der Waals surface area (Å²) in [6.45, 7) is -1.88. The maximum Gasteiger partial charge on any atom is 0.387 e. The Morgan fingerprint density at radius 1 is 1.43 bits per heavy atom. The van der Waals surface area contributed by atoms with E-state index in [0.717, 1.165) is 12.8 Å². The van der Waals surface area contributed by atoms with Gasteiger partial charge in [0.05, 0.1) is 12.7 Å². The van der Waals surface area contributed by atoms with Crippen LogP contribution in [0.3, 0.4) is 0 Å². The zero-order chi connectivity index (χ0) is 16.1. The summed E-state index contributed by atoms with van der Waals surface area (Å²) in [5.41, 5.74) is 0.0939. The van der Waals surface area contributed by atoms with Gasteiger partial charge in [-0.3, -0.25) is 4.79 Å². The van der Waals surface area contributed by atoms with E-state index in [0.29, 0.717) is 13.1 Å². The van der Waals surface area contributed by atoms with Gasteiger partial charge in [-0.15, -0.1) is 12.4 Å². The second kappa shape index (κ2) is 8.88. The molecule has 2 rings (SSSR count). The van der Waals surface area contributed by atoms with E-state index in [-0.39, 0.29) is 41.4 Å². The molecule has 1 aromatic carbocycles. The predicted molar refractivity (Wildman–Crippen MR) is 84.9 cm³/mol. The average molecular weight is 351 g/mol. The SMILES string of the molecule is CNC1CCCN(C(=O)c2cccc(OC)c2OC(F)F)C1.Cl. The quantitative estimate of drug-likeness (QED) is 0.886. The second-order valence-electron chi connectivity index (χ2n) is 5.09. The van der Waals surface area contributed by atoms with E-state index in [1.165, 1.54) is 19.2 Å². The van der Waals surface area contributed by atoms with Crippen LogP contribution < -0.4 is 14.8 Å². The standard InChI is InChI=1S/C15H20F2N2O3.ClH/c1-18-10-5-4-8-19(9-10)14(20)11-6-3-7-12(21-2)13(11)22-15(16)17;/h3,6-7,10,15,18H,4-5,8-9H2,1-2H3;1H. The first-order valence-corrected chi connectivity index (χ1v) is 7.15. The summed E-state index contributed by atoms with van der Waals surface area (Å²) in [7, 11) is 3.19. The van der Waals surface area contributed by atoms with Gasteiger partial charge in [-0.1, -0.05) is 6.07 Å². The largest absolute Gasteiger partial charge is 0.493 e. The molecule has 1 unspecified atom stereocenters. The van der Waals surface area contributed by atoms with Crippen molar-refractivity contribution in [1.29, 1.82) is 0 Å². The number of likely N-dealkylation sites (N-methyl/N-ethyl adjacent to an activating group) is 1. The summed E-state index contributed by atoms with van der Waals surface area (Å²) in [6, 6.07) is 4.76. The number of rotatable bonds is 5. The van der Waals surface area contributed by atoms with Crippen molar-refractivity contribution in [2.24, 2.45) is 0 Å². The van der Waals surface area contributed by atoms with Crippen LogP contribution in [-0.4, -0.2) is 50.7 Å². The van der Waals surface area contributed by atoms with E-state index in [1.807, 2.05) is 7.05 Å². The zero-order valence-electron chi connectivity index (χ0n) is 13.1. The normalized spacial score (nSPS) is 17.6. The number of hydrogen-bond acceptors (Lipinski definition) is 4. The molecule has 1 aliphatic heterocycles. The van der Waals surface area contributed by atoms with Crippen molar-refractivity contribution in [2.75, 3.05) is 27.2 Å². The van der Waals surface area contributed by atoms with Crippen molar-refractivity contribution in [3.63, 3.8) is 0 Å². The number of hydrogen-bond donors (Lipinski definition) is 1. The van der Waals surface area contributed by atoms with Crippen LogP contribution in [-0.2, 0) is 0 Å². The van der Waals surface area contributed by atoms with Crippen LogP contribution in [0.25, 0.3) is 0 Å². The van der Waals surface area contributed by atoms with Crippen LogP contribution >= 0.6 is 12.4 Å². The summed E-state index contributed by atoms with van der Waals surface area (Å²) >= 11 is 0. The molecule has 0 radical (unpaired) electrons. The van der Waals surface area contributed by atoms with Crippen LogP contribution in [0.1, 0.15) is 23.2 Å². The third-order valence-corrected chi connectivity index (χ3v) is 3.75. The monoisotopic (exact) mass is 350 g/mol. The van der Waals surface area contributed by atoms with Crippen molar-refractivity contribution < 1.29 is 23.0 Å². The van der Waals surface area contributed by atoms with Crippen LogP contribution in [0.15, 0.2) is 18.2 Å². The highest BCUT2D eigenvalue weighted by Gasteiger charge is 2.27. The third kappa shape index (κ3) is 4.68. The first-order valence-electron chi connectivity index (χ1n) is 7.15. The summed E-state index contributed by atoms with van der Waals surface area (Å²) in [6.07, 6.45) is 1.85. The number of para-hydroxylation sites is 1. The number of halogens is 3. The van der Waals surface area contributed by atoms with Crippen LogP contribution in [0.5, 0.6) is 11.5 Å².